The van der Waals surface area contributed by atoms with E-state index < -0.39 is 31.3 Å². The molecule has 0 unspecified atom stereocenters. The molecule has 1 aromatic carbocycles. The van der Waals surface area contributed by atoms with Crippen LogP contribution in [-0.4, -0.2) is 33.5 Å². The van der Waals surface area contributed by atoms with Crippen molar-refractivity contribution >= 4 is 15.7 Å². The van der Waals surface area contributed by atoms with Crippen LogP contribution in [0.5, 0.6) is 0 Å². The first-order valence-corrected chi connectivity index (χ1v) is 6.45. The number of rotatable bonds is 6. The zero-order valence-electron chi connectivity index (χ0n) is 9.51. The molecule has 0 aliphatic heterocycles. The van der Waals surface area contributed by atoms with Crippen molar-refractivity contribution in [3.63, 3.8) is 0 Å². The topological polar surface area (TPSA) is 101 Å². The summed E-state index contributed by atoms with van der Waals surface area (Å²) in [6, 6.07) is 2.35. The smallest absolute Gasteiger partial charge is 0.270 e. The highest BCUT2D eigenvalue weighted by atomic mass is 32.2. The predicted molar refractivity (Wildman–Crippen MR) is 62.2 cm³/mol. The first-order chi connectivity index (χ1) is 8.38. The molecule has 7 nitrogen and oxygen atoms in total. The second-order valence-corrected chi connectivity index (χ2v) is 5.11. The molecule has 9 heteroatoms. The number of hydrogen-bond donors (Lipinski definition) is 2. The van der Waals surface area contributed by atoms with Crippen LogP contribution in [0.15, 0.2) is 23.1 Å². The van der Waals surface area contributed by atoms with Crippen LogP contribution in [0, 0.1) is 15.9 Å². The Bertz CT molecular complexity index is 547. The van der Waals surface area contributed by atoms with Gasteiger partial charge in [0.15, 0.2) is 0 Å². The number of likely N-dealkylation sites (N-methyl/N-ethyl adjacent to an activating group) is 1. The fourth-order valence-corrected chi connectivity index (χ4v) is 2.33. The third kappa shape index (κ3) is 3.45. The van der Waals surface area contributed by atoms with Gasteiger partial charge in [0.25, 0.3) is 5.69 Å². The Morgan fingerprint density at radius 2 is 2.06 bits per heavy atom. The summed E-state index contributed by atoms with van der Waals surface area (Å²) in [6.07, 6.45) is 0. The molecule has 18 heavy (non-hydrogen) atoms. The minimum absolute atomic E-state index is 0.0565. The maximum Gasteiger partial charge on any atom is 0.270 e. The molecule has 0 fully saturated rings. The third-order valence-electron chi connectivity index (χ3n) is 2.08. The number of hydrogen-bond acceptors (Lipinski definition) is 5. The molecule has 0 saturated heterocycles. The number of nitro groups is 1. The Morgan fingerprint density at radius 3 is 2.61 bits per heavy atom. The van der Waals surface area contributed by atoms with E-state index in [2.05, 4.69) is 10.0 Å². The summed E-state index contributed by atoms with van der Waals surface area (Å²) >= 11 is 0. The molecule has 0 heterocycles. The molecular weight excluding hydrogens is 265 g/mol. The monoisotopic (exact) mass is 277 g/mol. The molecule has 0 amide bonds. The maximum absolute atomic E-state index is 13.4. The van der Waals surface area contributed by atoms with Crippen molar-refractivity contribution in [1.29, 1.82) is 0 Å². The lowest BCUT2D eigenvalue weighted by molar-refractivity contribution is -0.385. The van der Waals surface area contributed by atoms with Crippen LogP contribution in [0.1, 0.15) is 0 Å². The average Bonchev–Trinajstić information content (AvgIpc) is 2.29. The van der Waals surface area contributed by atoms with Gasteiger partial charge in [0.1, 0.15) is 10.7 Å². The van der Waals surface area contributed by atoms with Gasteiger partial charge in [0.05, 0.1) is 4.92 Å². The molecule has 100 valence electrons. The van der Waals surface area contributed by atoms with Gasteiger partial charge in [-0.2, -0.15) is 0 Å². The highest BCUT2D eigenvalue weighted by molar-refractivity contribution is 7.89. The lowest BCUT2D eigenvalue weighted by atomic mass is 10.3. The first kappa shape index (κ1) is 14.5. The SMILES string of the molecule is CNCCNS(=O)(=O)c1cc([N+](=O)[O-])ccc1F. The van der Waals surface area contributed by atoms with E-state index in [4.69, 9.17) is 0 Å². The van der Waals surface area contributed by atoms with Crippen LogP contribution in [0.25, 0.3) is 0 Å². The van der Waals surface area contributed by atoms with Gasteiger partial charge in [-0.15, -0.1) is 0 Å². The quantitative estimate of drug-likeness (QED) is 0.440. The van der Waals surface area contributed by atoms with E-state index in [1.165, 1.54) is 0 Å². The van der Waals surface area contributed by atoms with Crippen molar-refractivity contribution in [2.75, 3.05) is 20.1 Å². The minimum Gasteiger partial charge on any atom is -0.318 e. The number of benzene rings is 1. The van der Waals surface area contributed by atoms with Crippen molar-refractivity contribution in [1.82, 2.24) is 10.0 Å². The van der Waals surface area contributed by atoms with Gasteiger partial charge in [0.2, 0.25) is 10.0 Å². The third-order valence-corrected chi connectivity index (χ3v) is 3.56. The van der Waals surface area contributed by atoms with E-state index in [0.717, 1.165) is 12.1 Å². The normalized spacial score (nSPS) is 11.4. The zero-order valence-corrected chi connectivity index (χ0v) is 10.3. The van der Waals surface area contributed by atoms with Crippen LogP contribution < -0.4 is 10.0 Å². The standard InChI is InChI=1S/C9H12FN3O4S/c1-11-4-5-12-18(16,17)9-6-7(13(14)15)2-3-8(9)10/h2-3,6,11-12H,4-5H2,1H3. The molecule has 0 saturated carbocycles. The summed E-state index contributed by atoms with van der Waals surface area (Å²) in [7, 11) is -2.46. The van der Waals surface area contributed by atoms with Gasteiger partial charge in [-0.25, -0.2) is 17.5 Å². The molecule has 0 atom stereocenters. The van der Waals surface area contributed by atoms with Crippen molar-refractivity contribution in [3.8, 4) is 0 Å². The van der Waals surface area contributed by atoms with Gasteiger partial charge in [-0.3, -0.25) is 10.1 Å². The Kier molecular flexibility index (Phi) is 4.70. The number of nitro benzene ring substituents is 1. The molecule has 2 N–H and O–H groups in total. The molecule has 1 rings (SSSR count). The Balaban J connectivity index is 3.07. The highest BCUT2D eigenvalue weighted by Gasteiger charge is 2.21. The van der Waals surface area contributed by atoms with Gasteiger partial charge in [0, 0.05) is 25.2 Å². The Hall–Kier alpha value is -1.58. The molecule has 1 aromatic rings. The summed E-state index contributed by atoms with van der Waals surface area (Å²) in [6.45, 7) is 0.413. The zero-order chi connectivity index (χ0) is 13.8. The summed E-state index contributed by atoms with van der Waals surface area (Å²) in [5.41, 5.74) is -0.481. The second-order valence-electron chi connectivity index (χ2n) is 3.37. The van der Waals surface area contributed by atoms with Gasteiger partial charge < -0.3 is 5.32 Å². The molecule has 0 aliphatic rings. The Labute approximate surface area is 103 Å². The van der Waals surface area contributed by atoms with Crippen molar-refractivity contribution in [3.05, 3.63) is 34.1 Å². The average molecular weight is 277 g/mol. The number of non-ortho nitro benzene ring substituents is 1. The first-order valence-electron chi connectivity index (χ1n) is 4.96. The van der Waals surface area contributed by atoms with Crippen molar-refractivity contribution in [2.45, 2.75) is 4.90 Å². The molecule has 0 spiro atoms. The summed E-state index contributed by atoms with van der Waals surface area (Å²) in [5.74, 6) is -1.03. The van der Waals surface area contributed by atoms with Crippen LogP contribution in [0.2, 0.25) is 0 Å². The fourth-order valence-electron chi connectivity index (χ4n) is 1.20. The van der Waals surface area contributed by atoms with Crippen LogP contribution >= 0.6 is 0 Å². The lowest BCUT2D eigenvalue weighted by Gasteiger charge is -2.07. The Morgan fingerprint density at radius 1 is 1.39 bits per heavy atom. The number of sulfonamides is 1. The van der Waals surface area contributed by atoms with Crippen LogP contribution in [0.4, 0.5) is 10.1 Å². The maximum atomic E-state index is 13.4. The number of nitrogens with zero attached hydrogens (tertiary/aromatic N) is 1. The van der Waals surface area contributed by atoms with E-state index >= 15 is 0 Å². The molecule has 0 aliphatic carbocycles. The van der Waals surface area contributed by atoms with E-state index in [1.807, 2.05) is 0 Å². The summed E-state index contributed by atoms with van der Waals surface area (Å²) in [5, 5.41) is 13.2. The van der Waals surface area contributed by atoms with E-state index in [-0.39, 0.29) is 6.54 Å². The lowest BCUT2D eigenvalue weighted by Crippen LogP contribution is -2.31. The summed E-state index contributed by atoms with van der Waals surface area (Å²) in [4.78, 5) is 9.00. The second kappa shape index (κ2) is 5.85. The number of nitrogens with one attached hydrogen (secondary N) is 2. The predicted octanol–water partition coefficient (Wildman–Crippen LogP) is 0.232. The highest BCUT2D eigenvalue weighted by Crippen LogP contribution is 2.20. The van der Waals surface area contributed by atoms with Gasteiger partial charge >= 0.3 is 0 Å². The van der Waals surface area contributed by atoms with Crippen LogP contribution in [-0.2, 0) is 10.0 Å². The van der Waals surface area contributed by atoms with Crippen molar-refractivity contribution < 1.29 is 17.7 Å². The van der Waals surface area contributed by atoms with E-state index in [1.54, 1.807) is 7.05 Å². The van der Waals surface area contributed by atoms with Crippen LogP contribution in [0.3, 0.4) is 0 Å². The molecule has 0 aromatic heterocycles. The number of halogens is 1. The fraction of sp³-hybridized carbons (Fsp3) is 0.333. The molecular formula is C9H12FN3O4S. The van der Waals surface area contributed by atoms with Gasteiger partial charge in [-0.05, 0) is 13.1 Å². The van der Waals surface area contributed by atoms with Gasteiger partial charge in [-0.1, -0.05) is 0 Å². The largest absolute Gasteiger partial charge is 0.318 e. The van der Waals surface area contributed by atoms with E-state index in [0.29, 0.717) is 12.6 Å². The summed E-state index contributed by atoms with van der Waals surface area (Å²) < 4.78 is 38.9. The molecule has 0 radical (unpaired) electrons. The van der Waals surface area contributed by atoms with Crippen molar-refractivity contribution in [2.24, 2.45) is 0 Å². The minimum atomic E-state index is -4.09. The molecule has 0 bridgehead atoms. The van der Waals surface area contributed by atoms with E-state index in [9.17, 15) is 22.9 Å².